The average Bonchev–Trinajstić information content (AvgIpc) is 3.15. The lowest BCUT2D eigenvalue weighted by Crippen LogP contribution is -2.36. The molecule has 0 radical (unpaired) electrons. The van der Waals surface area contributed by atoms with Crippen LogP contribution in [0.15, 0.2) is 18.6 Å². The summed E-state index contributed by atoms with van der Waals surface area (Å²) in [4.78, 5) is 9.22. The summed E-state index contributed by atoms with van der Waals surface area (Å²) in [5.74, 6) is 0.673. The van der Waals surface area contributed by atoms with Gasteiger partial charge in [-0.25, -0.2) is 9.97 Å². The van der Waals surface area contributed by atoms with E-state index in [-0.39, 0.29) is 5.92 Å². The minimum absolute atomic E-state index is 0.0504. The van der Waals surface area contributed by atoms with Crippen LogP contribution in [0.3, 0.4) is 0 Å². The maximum atomic E-state index is 12.6. The average molecular weight is 346 g/mol. The summed E-state index contributed by atoms with van der Waals surface area (Å²) < 4.78 is 39.7. The maximum absolute atomic E-state index is 12.6. The van der Waals surface area contributed by atoms with Crippen molar-refractivity contribution in [3.8, 4) is 0 Å². The van der Waals surface area contributed by atoms with Crippen LogP contribution >= 0.6 is 11.3 Å². The molecular weight excluding hydrogens is 329 g/mol. The number of hydrogen-bond acceptors (Lipinski definition) is 5. The summed E-state index contributed by atoms with van der Waals surface area (Å²) in [6, 6.07) is 0. The predicted octanol–water partition coefficient (Wildman–Crippen LogP) is 2.85. The zero-order valence-electron chi connectivity index (χ0n) is 12.5. The first-order valence-electron chi connectivity index (χ1n) is 7.29. The molecule has 0 saturated carbocycles. The molecule has 3 heterocycles. The maximum Gasteiger partial charge on any atom is 0.427 e. The highest BCUT2D eigenvalue weighted by molar-refractivity contribution is 7.15. The van der Waals surface area contributed by atoms with Gasteiger partial charge in [-0.1, -0.05) is 11.3 Å². The summed E-state index contributed by atoms with van der Waals surface area (Å²) in [7, 11) is 1.83. The summed E-state index contributed by atoms with van der Waals surface area (Å²) in [5.41, 5.74) is 0. The van der Waals surface area contributed by atoms with Crippen molar-refractivity contribution >= 4 is 16.5 Å². The van der Waals surface area contributed by atoms with Gasteiger partial charge in [-0.15, -0.1) is 0 Å². The van der Waals surface area contributed by atoms with Crippen molar-refractivity contribution in [3.05, 3.63) is 29.3 Å². The van der Waals surface area contributed by atoms with Gasteiger partial charge >= 0.3 is 6.18 Å². The lowest BCUT2D eigenvalue weighted by atomic mass is 9.91. The van der Waals surface area contributed by atoms with Crippen molar-refractivity contribution in [2.45, 2.75) is 25.1 Å². The van der Waals surface area contributed by atoms with Gasteiger partial charge in [0.2, 0.25) is 0 Å². The lowest BCUT2D eigenvalue weighted by molar-refractivity contribution is -0.134. The van der Waals surface area contributed by atoms with E-state index in [4.69, 9.17) is 0 Å². The Labute approximate surface area is 135 Å². The molecule has 0 spiro atoms. The minimum Gasteiger partial charge on any atom is -0.385 e. The molecule has 0 aliphatic carbocycles. The number of imidazole rings is 1. The molecule has 5 nitrogen and oxygen atoms in total. The van der Waals surface area contributed by atoms with E-state index in [1.807, 2.05) is 11.9 Å². The molecule has 1 fully saturated rings. The molecular formula is C14H17F3N4OS. The Morgan fingerprint density at radius 3 is 2.52 bits per heavy atom. The number of aryl methyl sites for hydroxylation is 1. The minimum atomic E-state index is -4.34. The standard InChI is InChI=1S/C14H17F3N4OS/c1-20-7-4-18-12(20)11(22)9-2-5-21(6-3-9)13-19-8-10(23-13)14(15,16)17/h4,7-9,11,22H,2-3,5-6H2,1H3. The van der Waals surface area contributed by atoms with Crippen LogP contribution < -0.4 is 4.90 Å². The quantitative estimate of drug-likeness (QED) is 0.929. The first-order chi connectivity index (χ1) is 10.9. The Kier molecular flexibility index (Phi) is 4.33. The lowest BCUT2D eigenvalue weighted by Gasteiger charge is -2.33. The molecule has 1 atom stereocenters. The highest BCUT2D eigenvalue weighted by Gasteiger charge is 2.35. The highest BCUT2D eigenvalue weighted by Crippen LogP contribution is 2.38. The second-order valence-corrected chi connectivity index (χ2v) is 6.68. The number of piperidine rings is 1. The van der Waals surface area contributed by atoms with Crippen molar-refractivity contribution in [1.82, 2.24) is 14.5 Å². The molecule has 126 valence electrons. The van der Waals surface area contributed by atoms with Gasteiger partial charge in [0.25, 0.3) is 0 Å². The fourth-order valence-electron chi connectivity index (χ4n) is 2.82. The first-order valence-corrected chi connectivity index (χ1v) is 8.11. The number of aromatic nitrogens is 3. The van der Waals surface area contributed by atoms with E-state index in [2.05, 4.69) is 9.97 Å². The van der Waals surface area contributed by atoms with Crippen LogP contribution in [0.1, 0.15) is 29.6 Å². The third kappa shape index (κ3) is 3.35. The van der Waals surface area contributed by atoms with Gasteiger partial charge in [0, 0.05) is 32.5 Å². The smallest absolute Gasteiger partial charge is 0.385 e. The van der Waals surface area contributed by atoms with Gasteiger partial charge in [-0.2, -0.15) is 13.2 Å². The van der Waals surface area contributed by atoms with E-state index >= 15 is 0 Å². The van der Waals surface area contributed by atoms with Crippen LogP contribution in [0.2, 0.25) is 0 Å². The zero-order valence-corrected chi connectivity index (χ0v) is 13.3. The van der Waals surface area contributed by atoms with Gasteiger partial charge in [-0.3, -0.25) is 0 Å². The van der Waals surface area contributed by atoms with Gasteiger partial charge in [0.1, 0.15) is 16.8 Å². The molecule has 2 aromatic heterocycles. The number of aliphatic hydroxyl groups excluding tert-OH is 1. The van der Waals surface area contributed by atoms with Crippen LogP contribution in [-0.2, 0) is 13.2 Å². The Morgan fingerprint density at radius 2 is 2.00 bits per heavy atom. The van der Waals surface area contributed by atoms with Crippen LogP contribution in [-0.4, -0.2) is 32.7 Å². The monoisotopic (exact) mass is 346 g/mol. The molecule has 2 aromatic rings. The molecule has 23 heavy (non-hydrogen) atoms. The number of aliphatic hydroxyl groups is 1. The molecule has 1 N–H and O–H groups in total. The number of anilines is 1. The molecule has 0 bridgehead atoms. The van der Waals surface area contributed by atoms with Crippen molar-refractivity contribution in [2.24, 2.45) is 13.0 Å². The second-order valence-electron chi connectivity index (χ2n) is 5.67. The SMILES string of the molecule is Cn1ccnc1C(O)C1CCN(c2ncc(C(F)(F)F)s2)CC1. The third-order valence-corrected chi connectivity index (χ3v) is 5.26. The van der Waals surface area contributed by atoms with Crippen molar-refractivity contribution in [3.63, 3.8) is 0 Å². The summed E-state index contributed by atoms with van der Waals surface area (Å²) in [6.07, 6.45) is 0.685. The van der Waals surface area contributed by atoms with E-state index in [1.54, 1.807) is 17.0 Å². The van der Waals surface area contributed by atoms with Crippen LogP contribution in [0, 0.1) is 5.92 Å². The number of alkyl halides is 3. The predicted molar refractivity (Wildman–Crippen MR) is 80.2 cm³/mol. The topological polar surface area (TPSA) is 54.2 Å². The van der Waals surface area contributed by atoms with Gasteiger partial charge < -0.3 is 14.6 Å². The molecule has 3 rings (SSSR count). The zero-order chi connectivity index (χ0) is 16.6. The largest absolute Gasteiger partial charge is 0.427 e. The third-order valence-electron chi connectivity index (χ3n) is 4.15. The number of nitrogens with zero attached hydrogens (tertiary/aromatic N) is 4. The number of thiazole rings is 1. The van der Waals surface area contributed by atoms with E-state index < -0.39 is 17.2 Å². The molecule has 9 heteroatoms. The molecule has 1 aliphatic heterocycles. The van der Waals surface area contributed by atoms with Crippen LogP contribution in [0.5, 0.6) is 0 Å². The van der Waals surface area contributed by atoms with Crippen molar-refractivity contribution < 1.29 is 18.3 Å². The van der Waals surface area contributed by atoms with E-state index in [0.717, 1.165) is 6.20 Å². The fourth-order valence-corrected chi connectivity index (χ4v) is 3.66. The Morgan fingerprint density at radius 1 is 1.30 bits per heavy atom. The molecule has 1 aliphatic rings. The van der Waals surface area contributed by atoms with E-state index in [1.165, 1.54) is 0 Å². The first kappa shape index (κ1) is 16.3. The number of hydrogen-bond donors (Lipinski definition) is 1. The molecule has 1 saturated heterocycles. The Bertz CT molecular complexity index is 661. The van der Waals surface area contributed by atoms with Crippen molar-refractivity contribution in [2.75, 3.05) is 18.0 Å². The highest BCUT2D eigenvalue weighted by atomic mass is 32.1. The number of halogens is 3. The van der Waals surface area contributed by atoms with Crippen LogP contribution in [0.4, 0.5) is 18.3 Å². The molecule has 0 aromatic carbocycles. The summed E-state index contributed by atoms with van der Waals surface area (Å²) >= 11 is 0.667. The van der Waals surface area contributed by atoms with Crippen LogP contribution in [0.25, 0.3) is 0 Å². The number of rotatable bonds is 3. The van der Waals surface area contributed by atoms with E-state index in [0.29, 0.717) is 48.2 Å². The van der Waals surface area contributed by atoms with Gasteiger partial charge in [-0.05, 0) is 18.8 Å². The van der Waals surface area contributed by atoms with Gasteiger partial charge in [0.15, 0.2) is 5.13 Å². The molecule has 1 unspecified atom stereocenters. The van der Waals surface area contributed by atoms with E-state index in [9.17, 15) is 18.3 Å². The fraction of sp³-hybridized carbons (Fsp3) is 0.571. The molecule has 0 amide bonds. The van der Waals surface area contributed by atoms with Crippen molar-refractivity contribution in [1.29, 1.82) is 0 Å². The summed E-state index contributed by atoms with van der Waals surface area (Å²) in [5, 5.41) is 10.8. The Hall–Kier alpha value is -1.61. The second kappa shape index (κ2) is 6.12. The summed E-state index contributed by atoms with van der Waals surface area (Å²) in [6.45, 7) is 1.16. The Balaban J connectivity index is 1.62. The van der Waals surface area contributed by atoms with Gasteiger partial charge in [0.05, 0.1) is 6.20 Å². The normalized spacial score (nSPS) is 18.4.